The van der Waals surface area contributed by atoms with Gasteiger partial charge in [0.2, 0.25) is 21.8 Å². The molecule has 0 spiro atoms. The summed E-state index contributed by atoms with van der Waals surface area (Å²) in [5, 5.41) is 3.53. The maximum atomic E-state index is 13.9. The standard InChI is InChI=1S/C27H36ClN3O6S/c1-5-23(27(33)29-20-11-7-8-12-20)30(17-19-10-6-9-13-22(19)28)26(32)18-31(38(4,34)35)24-15-14-21(36-2)16-25(24)37-3/h6,9-10,13-16,20,23H,5,7-8,11-12,17-18H2,1-4H3,(H,29,33). The van der Waals surface area contributed by atoms with Gasteiger partial charge in [0.25, 0.3) is 0 Å². The van der Waals surface area contributed by atoms with E-state index < -0.39 is 28.5 Å². The summed E-state index contributed by atoms with van der Waals surface area (Å²) in [7, 11) is -1.02. The summed E-state index contributed by atoms with van der Waals surface area (Å²) < 4.78 is 37.4. The van der Waals surface area contributed by atoms with Crippen LogP contribution in [0, 0.1) is 0 Å². The van der Waals surface area contributed by atoms with Crippen LogP contribution < -0.4 is 19.1 Å². The molecule has 1 fully saturated rings. The largest absolute Gasteiger partial charge is 0.497 e. The fraction of sp³-hybridized carbons (Fsp3) is 0.481. The molecule has 9 nitrogen and oxygen atoms in total. The number of nitrogens with zero attached hydrogens (tertiary/aromatic N) is 2. The molecule has 0 saturated heterocycles. The highest BCUT2D eigenvalue weighted by Gasteiger charge is 2.34. The Morgan fingerprint density at radius 1 is 1.11 bits per heavy atom. The summed E-state index contributed by atoms with van der Waals surface area (Å²) >= 11 is 6.41. The number of hydrogen-bond acceptors (Lipinski definition) is 6. The first-order valence-electron chi connectivity index (χ1n) is 12.6. The summed E-state index contributed by atoms with van der Waals surface area (Å²) in [6.45, 7) is 1.35. The van der Waals surface area contributed by atoms with Crippen LogP contribution in [0.3, 0.4) is 0 Å². The highest BCUT2D eigenvalue weighted by Crippen LogP contribution is 2.34. The Morgan fingerprint density at radius 2 is 1.79 bits per heavy atom. The molecule has 1 atom stereocenters. The first kappa shape index (κ1) is 29.6. The minimum absolute atomic E-state index is 0.0481. The normalized spacial score (nSPS) is 14.6. The Kier molecular flexibility index (Phi) is 10.3. The Labute approximate surface area is 230 Å². The molecule has 0 bridgehead atoms. The third kappa shape index (κ3) is 7.32. The van der Waals surface area contributed by atoms with E-state index in [1.54, 1.807) is 36.4 Å². The second-order valence-electron chi connectivity index (χ2n) is 9.33. The Balaban J connectivity index is 1.98. The molecular formula is C27H36ClN3O6S. The van der Waals surface area contributed by atoms with E-state index in [9.17, 15) is 18.0 Å². The van der Waals surface area contributed by atoms with Gasteiger partial charge in [0.05, 0.1) is 26.2 Å². The minimum Gasteiger partial charge on any atom is -0.497 e. The van der Waals surface area contributed by atoms with Crippen LogP contribution in [0.15, 0.2) is 42.5 Å². The predicted molar refractivity (Wildman–Crippen MR) is 148 cm³/mol. The molecule has 11 heteroatoms. The fourth-order valence-electron chi connectivity index (χ4n) is 4.68. The van der Waals surface area contributed by atoms with E-state index in [1.807, 2.05) is 6.92 Å². The van der Waals surface area contributed by atoms with Gasteiger partial charge >= 0.3 is 0 Å². The number of anilines is 1. The molecule has 0 heterocycles. The van der Waals surface area contributed by atoms with E-state index >= 15 is 0 Å². The van der Waals surface area contributed by atoms with Crippen molar-refractivity contribution in [3.63, 3.8) is 0 Å². The maximum Gasteiger partial charge on any atom is 0.244 e. The van der Waals surface area contributed by atoms with E-state index in [4.69, 9.17) is 21.1 Å². The molecule has 38 heavy (non-hydrogen) atoms. The second kappa shape index (κ2) is 13.2. The van der Waals surface area contributed by atoms with Crippen molar-refractivity contribution < 1.29 is 27.5 Å². The number of hydrogen-bond donors (Lipinski definition) is 1. The van der Waals surface area contributed by atoms with Gasteiger partial charge in [-0.3, -0.25) is 13.9 Å². The summed E-state index contributed by atoms with van der Waals surface area (Å²) in [4.78, 5) is 28.7. The highest BCUT2D eigenvalue weighted by atomic mass is 35.5. The van der Waals surface area contributed by atoms with Gasteiger partial charge in [0.15, 0.2) is 0 Å². The third-order valence-corrected chi connectivity index (χ3v) is 8.22. The average molecular weight is 566 g/mol. The van der Waals surface area contributed by atoms with E-state index in [-0.39, 0.29) is 29.9 Å². The van der Waals surface area contributed by atoms with Gasteiger partial charge in [-0.05, 0) is 43.0 Å². The zero-order chi connectivity index (χ0) is 27.9. The summed E-state index contributed by atoms with van der Waals surface area (Å²) in [6, 6.07) is 11.0. The first-order valence-corrected chi connectivity index (χ1v) is 14.8. The molecule has 1 aliphatic carbocycles. The lowest BCUT2D eigenvalue weighted by molar-refractivity contribution is -0.140. The monoisotopic (exact) mass is 565 g/mol. The van der Waals surface area contributed by atoms with Crippen LogP contribution in [0.4, 0.5) is 5.69 Å². The number of benzene rings is 2. The van der Waals surface area contributed by atoms with E-state index in [1.165, 1.54) is 25.2 Å². The quantitative estimate of drug-likeness (QED) is 0.417. The van der Waals surface area contributed by atoms with Crippen molar-refractivity contribution in [1.29, 1.82) is 0 Å². The molecule has 2 aromatic rings. The van der Waals surface area contributed by atoms with E-state index in [0.29, 0.717) is 22.8 Å². The highest BCUT2D eigenvalue weighted by molar-refractivity contribution is 7.92. The molecule has 3 rings (SSSR count). The summed E-state index contributed by atoms with van der Waals surface area (Å²) in [6.07, 6.45) is 5.28. The lowest BCUT2D eigenvalue weighted by Crippen LogP contribution is -2.53. The van der Waals surface area contributed by atoms with Gasteiger partial charge < -0.3 is 19.7 Å². The molecule has 1 aliphatic rings. The summed E-state index contributed by atoms with van der Waals surface area (Å²) in [5.74, 6) is -0.0963. The van der Waals surface area contributed by atoms with Crippen molar-refractivity contribution in [2.24, 2.45) is 0 Å². The van der Waals surface area contributed by atoms with Gasteiger partial charge in [-0.2, -0.15) is 0 Å². The molecule has 1 N–H and O–H groups in total. The van der Waals surface area contributed by atoms with Crippen molar-refractivity contribution in [3.8, 4) is 11.5 Å². The number of ether oxygens (including phenoxy) is 2. The molecule has 0 radical (unpaired) electrons. The van der Waals surface area contributed by atoms with Crippen LogP contribution in [0.25, 0.3) is 0 Å². The minimum atomic E-state index is -3.91. The lowest BCUT2D eigenvalue weighted by Gasteiger charge is -2.33. The smallest absolute Gasteiger partial charge is 0.244 e. The van der Waals surface area contributed by atoms with Crippen molar-refractivity contribution in [1.82, 2.24) is 10.2 Å². The van der Waals surface area contributed by atoms with Crippen LogP contribution in [0.2, 0.25) is 5.02 Å². The third-order valence-electron chi connectivity index (χ3n) is 6.72. The zero-order valence-electron chi connectivity index (χ0n) is 22.3. The van der Waals surface area contributed by atoms with Crippen LogP contribution in [-0.4, -0.2) is 64.2 Å². The van der Waals surface area contributed by atoms with Crippen molar-refractivity contribution in [2.45, 2.75) is 57.7 Å². The van der Waals surface area contributed by atoms with Crippen molar-refractivity contribution >= 4 is 39.1 Å². The van der Waals surface area contributed by atoms with Gasteiger partial charge in [0.1, 0.15) is 24.1 Å². The van der Waals surface area contributed by atoms with Crippen molar-refractivity contribution in [2.75, 3.05) is 31.3 Å². The number of halogens is 1. The number of carbonyl (C=O) groups is 2. The number of nitrogens with one attached hydrogen (secondary N) is 1. The fourth-order valence-corrected chi connectivity index (χ4v) is 5.73. The Bertz CT molecular complexity index is 1230. The molecule has 2 aromatic carbocycles. The summed E-state index contributed by atoms with van der Waals surface area (Å²) in [5.41, 5.74) is 0.841. The number of sulfonamides is 1. The van der Waals surface area contributed by atoms with Gasteiger partial charge in [-0.25, -0.2) is 8.42 Å². The molecule has 1 saturated carbocycles. The van der Waals surface area contributed by atoms with Crippen LogP contribution in [0.1, 0.15) is 44.6 Å². The second-order valence-corrected chi connectivity index (χ2v) is 11.6. The molecular weight excluding hydrogens is 530 g/mol. The predicted octanol–water partition coefficient (Wildman–Crippen LogP) is 3.99. The van der Waals surface area contributed by atoms with E-state index in [2.05, 4.69) is 5.32 Å². The molecule has 208 valence electrons. The molecule has 2 amide bonds. The maximum absolute atomic E-state index is 13.9. The van der Waals surface area contributed by atoms with Crippen molar-refractivity contribution in [3.05, 3.63) is 53.1 Å². The molecule has 0 aromatic heterocycles. The first-order chi connectivity index (χ1) is 18.1. The number of methoxy groups -OCH3 is 2. The Morgan fingerprint density at radius 3 is 2.37 bits per heavy atom. The molecule has 0 aliphatic heterocycles. The molecule has 1 unspecified atom stereocenters. The zero-order valence-corrected chi connectivity index (χ0v) is 23.8. The number of amides is 2. The van der Waals surface area contributed by atoms with Crippen LogP contribution in [0.5, 0.6) is 11.5 Å². The lowest BCUT2D eigenvalue weighted by atomic mass is 10.1. The van der Waals surface area contributed by atoms with Gasteiger partial charge in [-0.15, -0.1) is 0 Å². The topological polar surface area (TPSA) is 105 Å². The number of carbonyl (C=O) groups excluding carboxylic acids is 2. The van der Waals surface area contributed by atoms with Crippen LogP contribution in [-0.2, 0) is 26.2 Å². The van der Waals surface area contributed by atoms with Crippen LogP contribution >= 0.6 is 11.6 Å². The SMILES string of the molecule is CCC(C(=O)NC1CCCC1)N(Cc1ccccc1Cl)C(=O)CN(c1ccc(OC)cc1OC)S(C)(=O)=O. The average Bonchev–Trinajstić information content (AvgIpc) is 3.40. The van der Waals surface area contributed by atoms with Gasteiger partial charge in [0, 0.05) is 23.7 Å². The Hall–Kier alpha value is -2.98. The number of rotatable bonds is 12. The van der Waals surface area contributed by atoms with E-state index in [0.717, 1.165) is 36.2 Å². The van der Waals surface area contributed by atoms with Gasteiger partial charge in [-0.1, -0.05) is 49.6 Å².